The van der Waals surface area contributed by atoms with Gasteiger partial charge in [0.05, 0.1) is 0 Å². The van der Waals surface area contributed by atoms with Gasteiger partial charge in [-0.1, -0.05) is 45.2 Å². The van der Waals surface area contributed by atoms with E-state index >= 15 is 0 Å². The maximum atomic E-state index is 5.85. The lowest BCUT2D eigenvalue weighted by Crippen LogP contribution is -2.08. The van der Waals surface area contributed by atoms with E-state index in [1.807, 2.05) is 25.2 Å². The molecule has 0 aromatic heterocycles. The Morgan fingerprint density at radius 1 is 1.57 bits per heavy atom. The van der Waals surface area contributed by atoms with Crippen molar-refractivity contribution < 1.29 is 0 Å². The molecule has 3 heteroatoms. The summed E-state index contributed by atoms with van der Waals surface area (Å²) in [6.07, 6.45) is 2.14. The van der Waals surface area contributed by atoms with Crippen LogP contribution in [0.1, 0.15) is 12.5 Å². The zero-order valence-corrected chi connectivity index (χ0v) is 10.6. The zero-order valence-electron chi connectivity index (χ0n) is 8.27. The molecule has 1 aromatic rings. The van der Waals surface area contributed by atoms with Gasteiger partial charge in [-0.3, -0.25) is 0 Å². The molecular formula is C11H13BrClN. The van der Waals surface area contributed by atoms with Crippen LogP contribution < -0.4 is 5.32 Å². The van der Waals surface area contributed by atoms with Crippen LogP contribution in [0, 0.1) is 0 Å². The molecule has 0 aliphatic carbocycles. The predicted molar refractivity (Wildman–Crippen MR) is 66.7 cm³/mol. The molecule has 1 rings (SSSR count). The normalized spacial score (nSPS) is 11.9. The second-order valence-electron chi connectivity index (χ2n) is 3.19. The largest absolute Gasteiger partial charge is 0.316 e. The predicted octanol–water partition coefficient (Wildman–Crippen LogP) is 3.73. The number of rotatable bonds is 3. The average Bonchev–Trinajstić information content (AvgIpc) is 2.10. The highest BCUT2D eigenvalue weighted by Gasteiger charge is 1.98. The Bertz CT molecular complexity index is 347. The minimum atomic E-state index is 0.750. The number of likely N-dealkylation sites (N-methyl/N-ethyl adjacent to an activating group) is 1. The van der Waals surface area contributed by atoms with E-state index in [1.165, 1.54) is 5.57 Å². The van der Waals surface area contributed by atoms with Crippen molar-refractivity contribution in [3.8, 4) is 0 Å². The van der Waals surface area contributed by atoms with Gasteiger partial charge in [-0.25, -0.2) is 0 Å². The fourth-order valence-corrected chi connectivity index (χ4v) is 2.01. The van der Waals surface area contributed by atoms with Gasteiger partial charge in [-0.2, -0.15) is 0 Å². The van der Waals surface area contributed by atoms with E-state index in [9.17, 15) is 0 Å². The first kappa shape index (κ1) is 11.8. The van der Waals surface area contributed by atoms with Crippen LogP contribution >= 0.6 is 27.5 Å². The topological polar surface area (TPSA) is 12.0 Å². The molecule has 0 amide bonds. The number of halogens is 2. The van der Waals surface area contributed by atoms with Crippen LogP contribution in [-0.4, -0.2) is 13.6 Å². The van der Waals surface area contributed by atoms with Crippen molar-refractivity contribution in [2.24, 2.45) is 0 Å². The Hall–Kier alpha value is -0.310. The van der Waals surface area contributed by atoms with Crippen LogP contribution in [-0.2, 0) is 0 Å². The first-order valence-corrected chi connectivity index (χ1v) is 5.57. The fourth-order valence-electron chi connectivity index (χ4n) is 1.21. The molecule has 1 N–H and O–H groups in total. The molecule has 0 unspecified atom stereocenters. The number of hydrogen-bond acceptors (Lipinski definition) is 1. The van der Waals surface area contributed by atoms with Gasteiger partial charge in [0.15, 0.2) is 0 Å². The minimum absolute atomic E-state index is 0.750. The third-order valence-corrected chi connectivity index (χ3v) is 2.74. The van der Waals surface area contributed by atoms with Crippen molar-refractivity contribution in [3.05, 3.63) is 38.8 Å². The molecule has 1 nitrogen and oxygen atoms in total. The summed E-state index contributed by atoms with van der Waals surface area (Å²) in [5.41, 5.74) is 2.44. The van der Waals surface area contributed by atoms with Gasteiger partial charge in [0.1, 0.15) is 0 Å². The summed E-state index contributed by atoms with van der Waals surface area (Å²) >= 11 is 9.33. The molecule has 76 valence electrons. The maximum Gasteiger partial charge on any atom is 0.0417 e. The lowest BCUT2D eigenvalue weighted by molar-refractivity contribution is 0.884. The maximum absolute atomic E-state index is 5.85. The van der Waals surface area contributed by atoms with Gasteiger partial charge in [0, 0.05) is 16.0 Å². The fraction of sp³-hybridized carbons (Fsp3) is 0.273. The molecule has 0 aliphatic rings. The van der Waals surface area contributed by atoms with E-state index in [0.717, 1.165) is 21.6 Å². The van der Waals surface area contributed by atoms with Crippen molar-refractivity contribution in [1.29, 1.82) is 0 Å². The molecule has 0 radical (unpaired) electrons. The van der Waals surface area contributed by atoms with Gasteiger partial charge in [0.25, 0.3) is 0 Å². The molecule has 14 heavy (non-hydrogen) atoms. The number of hydrogen-bond donors (Lipinski definition) is 1. The SMILES string of the molecule is CNC/C(C)=C/c1ccc(Cl)cc1Br. The second-order valence-corrected chi connectivity index (χ2v) is 4.48. The highest BCUT2D eigenvalue weighted by Crippen LogP contribution is 2.23. The summed E-state index contributed by atoms with van der Waals surface area (Å²) in [7, 11) is 1.94. The summed E-state index contributed by atoms with van der Waals surface area (Å²) in [5, 5.41) is 3.86. The van der Waals surface area contributed by atoms with Crippen LogP contribution in [0.5, 0.6) is 0 Å². The van der Waals surface area contributed by atoms with Crippen LogP contribution in [0.15, 0.2) is 28.2 Å². The summed E-state index contributed by atoms with van der Waals surface area (Å²) in [4.78, 5) is 0. The van der Waals surface area contributed by atoms with Gasteiger partial charge < -0.3 is 5.32 Å². The Morgan fingerprint density at radius 2 is 2.29 bits per heavy atom. The Morgan fingerprint density at radius 3 is 2.86 bits per heavy atom. The highest BCUT2D eigenvalue weighted by atomic mass is 79.9. The zero-order chi connectivity index (χ0) is 10.6. The number of nitrogens with one attached hydrogen (secondary N) is 1. The molecule has 0 saturated heterocycles. The van der Waals surface area contributed by atoms with Gasteiger partial charge in [-0.15, -0.1) is 0 Å². The number of benzene rings is 1. The van der Waals surface area contributed by atoms with E-state index in [1.54, 1.807) is 0 Å². The molecule has 0 spiro atoms. The first-order chi connectivity index (χ1) is 6.63. The molecular weight excluding hydrogens is 261 g/mol. The Balaban J connectivity index is 2.91. The van der Waals surface area contributed by atoms with Gasteiger partial charge in [0.2, 0.25) is 0 Å². The lowest BCUT2D eigenvalue weighted by atomic mass is 10.1. The molecule has 1 aromatic carbocycles. The first-order valence-electron chi connectivity index (χ1n) is 4.40. The Labute approximate surface area is 98.3 Å². The van der Waals surface area contributed by atoms with E-state index < -0.39 is 0 Å². The molecule has 0 atom stereocenters. The summed E-state index contributed by atoms with van der Waals surface area (Å²) < 4.78 is 1.03. The molecule has 0 saturated carbocycles. The second kappa shape index (κ2) is 5.54. The van der Waals surface area contributed by atoms with Gasteiger partial charge in [-0.05, 0) is 31.7 Å². The van der Waals surface area contributed by atoms with Crippen molar-refractivity contribution in [2.45, 2.75) is 6.92 Å². The summed E-state index contributed by atoms with van der Waals surface area (Å²) in [5.74, 6) is 0. The third-order valence-electron chi connectivity index (χ3n) is 1.82. The van der Waals surface area contributed by atoms with E-state index in [0.29, 0.717) is 0 Å². The van der Waals surface area contributed by atoms with Crippen LogP contribution in [0.2, 0.25) is 5.02 Å². The standard InChI is InChI=1S/C11H13BrClN/c1-8(7-14-2)5-9-3-4-10(13)6-11(9)12/h3-6,14H,7H2,1-2H3/b8-5+. The van der Waals surface area contributed by atoms with Crippen molar-refractivity contribution >= 4 is 33.6 Å². The van der Waals surface area contributed by atoms with E-state index in [2.05, 4.69) is 34.2 Å². The highest BCUT2D eigenvalue weighted by molar-refractivity contribution is 9.10. The van der Waals surface area contributed by atoms with Crippen molar-refractivity contribution in [3.63, 3.8) is 0 Å². The minimum Gasteiger partial charge on any atom is -0.316 e. The Kier molecular flexibility index (Phi) is 4.66. The molecule has 0 aliphatic heterocycles. The molecule has 0 heterocycles. The third kappa shape index (κ3) is 3.45. The summed E-state index contributed by atoms with van der Waals surface area (Å²) in [6, 6.07) is 5.80. The van der Waals surface area contributed by atoms with Crippen LogP contribution in [0.3, 0.4) is 0 Å². The summed E-state index contributed by atoms with van der Waals surface area (Å²) in [6.45, 7) is 2.99. The van der Waals surface area contributed by atoms with E-state index in [4.69, 9.17) is 11.6 Å². The van der Waals surface area contributed by atoms with Crippen LogP contribution in [0.4, 0.5) is 0 Å². The quantitative estimate of drug-likeness (QED) is 0.886. The lowest BCUT2D eigenvalue weighted by Gasteiger charge is -2.02. The van der Waals surface area contributed by atoms with Gasteiger partial charge >= 0.3 is 0 Å². The molecule has 0 bridgehead atoms. The molecule has 0 fully saturated rings. The van der Waals surface area contributed by atoms with E-state index in [-0.39, 0.29) is 0 Å². The van der Waals surface area contributed by atoms with Crippen molar-refractivity contribution in [1.82, 2.24) is 5.32 Å². The van der Waals surface area contributed by atoms with Crippen molar-refractivity contribution in [2.75, 3.05) is 13.6 Å². The van der Waals surface area contributed by atoms with Crippen LogP contribution in [0.25, 0.3) is 6.08 Å². The monoisotopic (exact) mass is 273 g/mol. The average molecular weight is 275 g/mol. The smallest absolute Gasteiger partial charge is 0.0417 e.